The summed E-state index contributed by atoms with van der Waals surface area (Å²) in [4.78, 5) is 12.2. The maximum absolute atomic E-state index is 12.2. The third-order valence-corrected chi connectivity index (χ3v) is 4.08. The number of carbonyl (C=O) groups excluding carboxylic acids is 1. The second-order valence-corrected chi connectivity index (χ2v) is 5.52. The molecular formula is C15H19NO3. The smallest absolute Gasteiger partial charge is 0.226 e. The maximum Gasteiger partial charge on any atom is 0.226 e. The van der Waals surface area contributed by atoms with Crippen molar-refractivity contribution >= 4 is 5.91 Å². The van der Waals surface area contributed by atoms with Crippen LogP contribution < -0.4 is 10.1 Å². The molecule has 1 heterocycles. The number of ether oxygens (including phenoxy) is 1. The van der Waals surface area contributed by atoms with Gasteiger partial charge in [0.05, 0.1) is 18.1 Å². The van der Waals surface area contributed by atoms with E-state index in [0.717, 1.165) is 36.1 Å². The Hall–Kier alpha value is -1.55. The van der Waals surface area contributed by atoms with Crippen molar-refractivity contribution in [2.75, 3.05) is 6.61 Å². The number of aryl methyl sites for hydroxylation is 1. The topological polar surface area (TPSA) is 58.6 Å². The highest BCUT2D eigenvalue weighted by molar-refractivity contribution is 5.80. The van der Waals surface area contributed by atoms with Crippen LogP contribution in [-0.2, 0) is 4.79 Å². The fourth-order valence-corrected chi connectivity index (χ4v) is 2.98. The molecular weight excluding hydrogens is 242 g/mol. The molecule has 4 nitrogen and oxygen atoms in total. The summed E-state index contributed by atoms with van der Waals surface area (Å²) in [6, 6.07) is 5.92. The van der Waals surface area contributed by atoms with E-state index in [1.165, 1.54) is 0 Å². The van der Waals surface area contributed by atoms with Gasteiger partial charge in [-0.1, -0.05) is 17.7 Å². The lowest BCUT2D eigenvalue weighted by Crippen LogP contribution is -2.37. The van der Waals surface area contributed by atoms with Gasteiger partial charge in [-0.3, -0.25) is 4.79 Å². The molecule has 1 saturated carbocycles. The summed E-state index contributed by atoms with van der Waals surface area (Å²) >= 11 is 0. The number of aliphatic hydroxyl groups is 1. The molecule has 0 aromatic heterocycles. The Bertz CT molecular complexity index is 500. The van der Waals surface area contributed by atoms with Gasteiger partial charge in [-0.15, -0.1) is 0 Å². The van der Waals surface area contributed by atoms with Gasteiger partial charge in [0.25, 0.3) is 0 Å². The molecule has 3 unspecified atom stereocenters. The van der Waals surface area contributed by atoms with Crippen LogP contribution in [-0.4, -0.2) is 23.7 Å². The van der Waals surface area contributed by atoms with Crippen molar-refractivity contribution in [3.05, 3.63) is 29.3 Å². The van der Waals surface area contributed by atoms with Crippen molar-refractivity contribution in [3.63, 3.8) is 0 Å². The highest BCUT2D eigenvalue weighted by atomic mass is 16.5. The van der Waals surface area contributed by atoms with Crippen LogP contribution in [0.15, 0.2) is 18.2 Å². The van der Waals surface area contributed by atoms with Crippen molar-refractivity contribution in [2.24, 2.45) is 5.92 Å². The van der Waals surface area contributed by atoms with Crippen LogP contribution in [0.4, 0.5) is 0 Å². The molecule has 1 aliphatic carbocycles. The van der Waals surface area contributed by atoms with Crippen molar-refractivity contribution < 1.29 is 14.6 Å². The Labute approximate surface area is 112 Å². The van der Waals surface area contributed by atoms with E-state index in [-0.39, 0.29) is 17.9 Å². The van der Waals surface area contributed by atoms with E-state index in [0.29, 0.717) is 6.61 Å². The molecule has 3 atom stereocenters. The van der Waals surface area contributed by atoms with Gasteiger partial charge in [-0.25, -0.2) is 0 Å². The lowest BCUT2D eigenvalue weighted by molar-refractivity contribution is -0.128. The van der Waals surface area contributed by atoms with Crippen LogP contribution in [0, 0.1) is 12.8 Å². The summed E-state index contributed by atoms with van der Waals surface area (Å²) in [5.41, 5.74) is 2.20. The zero-order valence-electron chi connectivity index (χ0n) is 11.1. The molecule has 19 heavy (non-hydrogen) atoms. The Morgan fingerprint density at radius 3 is 3.00 bits per heavy atom. The van der Waals surface area contributed by atoms with Crippen molar-refractivity contribution in [3.8, 4) is 5.75 Å². The molecule has 0 bridgehead atoms. The van der Waals surface area contributed by atoms with Gasteiger partial charge in [0, 0.05) is 5.56 Å². The molecule has 2 N–H and O–H groups in total. The second-order valence-electron chi connectivity index (χ2n) is 5.52. The van der Waals surface area contributed by atoms with Crippen LogP contribution >= 0.6 is 0 Å². The summed E-state index contributed by atoms with van der Waals surface area (Å²) in [7, 11) is 0. The molecule has 1 aromatic rings. The summed E-state index contributed by atoms with van der Waals surface area (Å²) in [5.74, 6) is 0.546. The van der Waals surface area contributed by atoms with Crippen LogP contribution in [0.5, 0.6) is 5.75 Å². The van der Waals surface area contributed by atoms with E-state index in [1.807, 2.05) is 19.1 Å². The third kappa shape index (κ3) is 2.32. The van der Waals surface area contributed by atoms with Gasteiger partial charge >= 0.3 is 0 Å². The standard InChI is InChI=1S/C15H19NO3/c1-9-5-6-14-11(7-9)12(8-19-14)16-15(18)10-3-2-4-13(10)17/h5-7,10,12-13,17H,2-4,8H2,1H3,(H,16,18). The van der Waals surface area contributed by atoms with E-state index in [2.05, 4.69) is 11.4 Å². The minimum Gasteiger partial charge on any atom is -0.491 e. The van der Waals surface area contributed by atoms with E-state index < -0.39 is 6.10 Å². The monoisotopic (exact) mass is 261 g/mol. The number of fused-ring (bicyclic) bond motifs is 1. The molecule has 1 fully saturated rings. The molecule has 0 spiro atoms. The third-order valence-electron chi connectivity index (χ3n) is 4.08. The number of aliphatic hydroxyl groups excluding tert-OH is 1. The van der Waals surface area contributed by atoms with Gasteiger partial charge in [-0.05, 0) is 32.3 Å². The van der Waals surface area contributed by atoms with Gasteiger partial charge in [0.1, 0.15) is 12.4 Å². The number of nitrogens with one attached hydrogen (secondary N) is 1. The Morgan fingerprint density at radius 2 is 2.26 bits per heavy atom. The SMILES string of the molecule is Cc1ccc2c(c1)C(NC(=O)C1CCCC1O)CO2. The van der Waals surface area contributed by atoms with Crippen LogP contribution in [0.3, 0.4) is 0 Å². The first-order valence-electron chi connectivity index (χ1n) is 6.87. The van der Waals surface area contributed by atoms with E-state index in [1.54, 1.807) is 0 Å². The van der Waals surface area contributed by atoms with Gasteiger partial charge in [0.2, 0.25) is 5.91 Å². The number of benzene rings is 1. The quantitative estimate of drug-likeness (QED) is 0.852. The summed E-state index contributed by atoms with van der Waals surface area (Å²) < 4.78 is 5.58. The predicted molar refractivity (Wildman–Crippen MR) is 70.9 cm³/mol. The van der Waals surface area contributed by atoms with Crippen LogP contribution in [0.2, 0.25) is 0 Å². The van der Waals surface area contributed by atoms with Gasteiger partial charge < -0.3 is 15.2 Å². The minimum atomic E-state index is -0.487. The zero-order valence-corrected chi connectivity index (χ0v) is 11.1. The van der Waals surface area contributed by atoms with Crippen molar-refractivity contribution in [1.29, 1.82) is 0 Å². The average molecular weight is 261 g/mol. The first-order chi connectivity index (χ1) is 9.15. The lowest BCUT2D eigenvalue weighted by Gasteiger charge is -2.18. The fraction of sp³-hybridized carbons (Fsp3) is 0.533. The average Bonchev–Trinajstić information content (AvgIpc) is 2.96. The predicted octanol–water partition coefficient (Wildman–Crippen LogP) is 1.71. The van der Waals surface area contributed by atoms with Crippen molar-refractivity contribution in [1.82, 2.24) is 5.32 Å². The summed E-state index contributed by atoms with van der Waals surface area (Å²) in [5, 5.41) is 12.8. The molecule has 4 heteroatoms. The lowest BCUT2D eigenvalue weighted by atomic mass is 10.0. The first-order valence-corrected chi connectivity index (χ1v) is 6.87. The Morgan fingerprint density at radius 1 is 1.42 bits per heavy atom. The maximum atomic E-state index is 12.2. The molecule has 3 rings (SSSR count). The number of carbonyl (C=O) groups is 1. The Balaban J connectivity index is 1.72. The number of rotatable bonds is 2. The van der Waals surface area contributed by atoms with Gasteiger partial charge in [-0.2, -0.15) is 0 Å². The highest BCUT2D eigenvalue weighted by Gasteiger charge is 2.34. The fourth-order valence-electron chi connectivity index (χ4n) is 2.98. The molecule has 1 amide bonds. The molecule has 0 radical (unpaired) electrons. The first kappa shape index (κ1) is 12.5. The molecule has 0 saturated heterocycles. The molecule has 102 valence electrons. The molecule has 2 aliphatic rings. The van der Waals surface area contributed by atoms with Crippen LogP contribution in [0.25, 0.3) is 0 Å². The van der Waals surface area contributed by atoms with Crippen molar-refractivity contribution in [2.45, 2.75) is 38.3 Å². The highest BCUT2D eigenvalue weighted by Crippen LogP contribution is 2.34. The number of amides is 1. The van der Waals surface area contributed by atoms with E-state index in [4.69, 9.17) is 4.74 Å². The van der Waals surface area contributed by atoms with E-state index in [9.17, 15) is 9.90 Å². The number of hydrogen-bond donors (Lipinski definition) is 2. The van der Waals surface area contributed by atoms with Crippen LogP contribution in [0.1, 0.15) is 36.4 Å². The Kier molecular flexibility index (Phi) is 3.19. The summed E-state index contributed by atoms with van der Waals surface area (Å²) in [6.07, 6.45) is 1.95. The second kappa shape index (κ2) is 4.85. The van der Waals surface area contributed by atoms with E-state index >= 15 is 0 Å². The molecule has 1 aromatic carbocycles. The largest absolute Gasteiger partial charge is 0.491 e. The normalized spacial score (nSPS) is 28.8. The zero-order chi connectivity index (χ0) is 13.4. The minimum absolute atomic E-state index is 0.0482. The molecule has 1 aliphatic heterocycles. The number of hydrogen-bond acceptors (Lipinski definition) is 3. The van der Waals surface area contributed by atoms with Gasteiger partial charge in [0.15, 0.2) is 0 Å². The summed E-state index contributed by atoms with van der Waals surface area (Å²) in [6.45, 7) is 2.51.